The fourth-order valence-corrected chi connectivity index (χ4v) is 61.8. The molecule has 3 heterocycles. The van der Waals surface area contributed by atoms with E-state index in [4.69, 9.17) is 51.1 Å². The first kappa shape index (κ1) is 111. The van der Waals surface area contributed by atoms with Crippen LogP contribution in [0.3, 0.4) is 0 Å². The average molecular weight is 2130 g/mol. The van der Waals surface area contributed by atoms with Crippen LogP contribution in [-0.2, 0) is 68.0 Å². The first-order valence-electron chi connectivity index (χ1n) is 48.0. The van der Waals surface area contributed by atoms with Gasteiger partial charge in [-0.2, -0.15) is 35.3 Å². The van der Waals surface area contributed by atoms with Gasteiger partial charge in [0.1, 0.15) is 0 Å². The van der Waals surface area contributed by atoms with Gasteiger partial charge in [0.2, 0.25) is 0 Å². The van der Waals surface area contributed by atoms with Crippen LogP contribution >= 0.6 is 86.4 Å². The summed E-state index contributed by atoms with van der Waals surface area (Å²) in [5, 5.41) is 8.95. The van der Waals surface area contributed by atoms with Crippen molar-refractivity contribution in [3.05, 3.63) is 164 Å². The molecule has 36 atom stereocenters. The second kappa shape index (κ2) is 47.5. The number of fused-ring (bicyclic) bond motifs is 13. The van der Waals surface area contributed by atoms with Gasteiger partial charge in [-0.05, 0) is 291 Å². The Morgan fingerprint density at radius 2 is 0.598 bits per heavy atom. The minimum absolute atomic E-state index is 0. The molecule has 15 aliphatic rings. The fraction of sp³-hybridized carbons (Fsp3) is 0.738. The predicted molar refractivity (Wildman–Crippen MR) is 553 cm³/mol. The van der Waals surface area contributed by atoms with Gasteiger partial charge in [0.15, 0.2) is 0 Å². The van der Waals surface area contributed by atoms with E-state index in [1.165, 1.54) is 151 Å². The number of halogens is 6. The molecule has 0 nitrogen and oxygen atoms in total. The molecule has 684 valence electrons. The topological polar surface area (TPSA) is 0 Å². The van der Waals surface area contributed by atoms with Crippen molar-refractivity contribution >= 4 is 121 Å². The van der Waals surface area contributed by atoms with Crippen LogP contribution in [0.1, 0.15) is 277 Å². The van der Waals surface area contributed by atoms with E-state index < -0.39 is 86.8 Å². The number of thioether (sulfide) groups is 3. The quantitative estimate of drug-likeness (QED) is 0.121. The maximum absolute atomic E-state index is 4.93. The minimum atomic E-state index is -1.47. The summed E-state index contributed by atoms with van der Waals surface area (Å²) in [6.07, 6.45) is 36.1. The molecular formula is C107H172Cl6S3Si3Zr3. The molecule has 12 saturated carbocycles. The molecule has 0 amide bonds. The molecule has 0 aromatic heterocycles. The molecule has 4 aromatic carbocycles. The number of hydrogen-bond acceptors (Lipinski definition) is 3. The summed E-state index contributed by atoms with van der Waals surface area (Å²) < 4.78 is 0. The van der Waals surface area contributed by atoms with E-state index in [0.717, 1.165) is 207 Å². The Hall–Kier alpha value is 3.23. The van der Waals surface area contributed by atoms with Gasteiger partial charge in [0.25, 0.3) is 0 Å². The third-order valence-corrected chi connectivity index (χ3v) is 60.2. The standard InChI is InChI=1S/C35H50SSi.C35H56SSi.C31H48SSi.6CH3.6ClH.3Zr/c1-21-20-30-27(26-16-10-13-24-12-6-7-14-25(24)26)17-11-18-28(30)34(21)37(4,5)35-23(3)22(2)33-32(35)29-15-8-9-19-31(29)36-33;1-21-20-29-26(24-16-18-25(19-17-24)35(4,5)6)13-11-14-27(29)33(21)37(7,8)34-23(3)22(2)32-31(34)28-12-9-10-15-30(28)36-32;1-19-18-26-23(22-12-7-6-8-13-22)15-11-16-24(26)30(19)33(4,5)31-21(3)20(2)29-28(31)25-14-9-10-17-27(25)32-29;;;;;;;;;;;;;;;/h6-7,10,12-14,16,21-23,27-35H,8-9,11,15,17-20H2,1-5H3;16-19,21-23,26-34H,9-15,20H2,1-8H3;6-8,12-13,19-21,23-31H,9-11,14-18H2,1-5H3;6*1H3;6*1H;;;/q;;;6*-1;;;;;;;3*+4/p-6. The van der Waals surface area contributed by atoms with Crippen molar-refractivity contribution in [1.29, 1.82) is 0 Å². The van der Waals surface area contributed by atoms with E-state index in [1.54, 1.807) is 36.0 Å². The summed E-state index contributed by atoms with van der Waals surface area (Å²) in [7, 11) is 25.3. The van der Waals surface area contributed by atoms with Crippen LogP contribution in [0.25, 0.3) is 10.8 Å². The summed E-state index contributed by atoms with van der Waals surface area (Å²) in [5.74, 6) is 23.0. The molecule has 0 N–H and O–H groups in total. The zero-order chi connectivity index (χ0) is 82.8. The van der Waals surface area contributed by atoms with E-state index in [1.807, 2.05) is 0 Å². The molecule has 15 fully saturated rings. The van der Waals surface area contributed by atoms with Crippen molar-refractivity contribution in [2.45, 2.75) is 364 Å². The molecule has 122 heavy (non-hydrogen) atoms. The molecule has 3 aliphatic heterocycles. The Labute approximate surface area is 826 Å². The predicted octanol–water partition coefficient (Wildman–Crippen LogP) is 37.0. The average Bonchev–Trinajstić information content (AvgIpc) is 1.56. The first-order valence-corrected chi connectivity index (χ1v) is 79.3. The molecule has 12 aliphatic carbocycles. The van der Waals surface area contributed by atoms with E-state index in [9.17, 15) is 0 Å². The van der Waals surface area contributed by atoms with Crippen LogP contribution in [0.4, 0.5) is 0 Å². The summed E-state index contributed by atoms with van der Waals surface area (Å²) in [4.78, 5) is 0. The van der Waals surface area contributed by atoms with Gasteiger partial charge in [-0.25, -0.2) is 0 Å². The van der Waals surface area contributed by atoms with E-state index in [-0.39, 0.29) is 50.0 Å². The first-order chi connectivity index (χ1) is 55.5. The molecular weight excluding hydrogens is 1950 g/mol. The van der Waals surface area contributed by atoms with Gasteiger partial charge in [-0.3, -0.25) is 0 Å². The van der Waals surface area contributed by atoms with Crippen molar-refractivity contribution < 1.29 is 62.5 Å². The van der Waals surface area contributed by atoms with Crippen molar-refractivity contribution in [3.8, 4) is 0 Å². The Bertz CT molecular complexity index is 3780. The molecule has 19 rings (SSSR count). The Balaban J connectivity index is 0.000000212. The third kappa shape index (κ3) is 21.7. The van der Waals surface area contributed by atoms with Gasteiger partial charge >= 0.3 is 114 Å². The zero-order valence-electron chi connectivity index (χ0n) is 81.0. The summed E-state index contributed by atoms with van der Waals surface area (Å²) in [6, 6.07) is 38.0. The maximum atomic E-state index is 4.93. The van der Waals surface area contributed by atoms with E-state index in [2.05, 4.69) is 255 Å². The number of rotatable bonds is 9. The summed E-state index contributed by atoms with van der Waals surface area (Å²) in [6.45, 7) is 48.7. The van der Waals surface area contributed by atoms with Crippen LogP contribution in [0, 0.1) is 169 Å². The van der Waals surface area contributed by atoms with Crippen molar-refractivity contribution in [1.82, 2.24) is 0 Å². The van der Waals surface area contributed by atoms with Crippen molar-refractivity contribution in [2.75, 3.05) is 0 Å². The van der Waals surface area contributed by atoms with Crippen LogP contribution in [0.5, 0.6) is 0 Å². The Morgan fingerprint density at radius 1 is 0.303 bits per heavy atom. The van der Waals surface area contributed by atoms with Crippen LogP contribution < -0.4 is 0 Å². The van der Waals surface area contributed by atoms with E-state index in [0.29, 0.717) is 0 Å². The number of hydrogen-bond donors (Lipinski definition) is 0. The zero-order valence-corrected chi connectivity index (χ0v) is 98.3. The molecule has 4 aromatic rings. The summed E-state index contributed by atoms with van der Waals surface area (Å²) >= 11 is 4.98. The van der Waals surface area contributed by atoms with Gasteiger partial charge in [0.05, 0.1) is 24.2 Å². The Morgan fingerprint density at radius 3 is 0.951 bits per heavy atom. The van der Waals surface area contributed by atoms with Crippen molar-refractivity contribution in [3.63, 3.8) is 0 Å². The van der Waals surface area contributed by atoms with Gasteiger partial charge in [-0.1, -0.05) is 296 Å². The second-order valence-corrected chi connectivity index (χ2v) is 75.5. The molecule has 15 heteroatoms. The molecule has 0 spiro atoms. The molecule has 0 bridgehead atoms. The van der Waals surface area contributed by atoms with Crippen LogP contribution in [-0.4, -0.2) is 55.7 Å². The van der Waals surface area contributed by atoms with Gasteiger partial charge < -0.3 is 44.6 Å². The Kier molecular flexibility index (Phi) is 43.1. The molecule has 0 radical (unpaired) electrons. The SMILES string of the molecule is CC1CC2C(c3ccc(C(C)(C)C)cc3)CCCC2C1[Si](C)(C)C1C(C)C(C)C2SC3CCCCC3C21.CC1CC2C(c3cccc4ccccc34)CCCC2C1[Si](C)(C)C1C(C)C(C)C2SC3CCCCC3C21.CC1CC2C(c3ccccc3)CCCC2C1[Si](C)(C)C1C(C)C(C)C2SC3CCCCC3C21.[CH3-].[CH3-].[CH3-].[CH3-].[CH3-].[CH3-].[Cl][Zr+2][Cl].[Cl][Zr+2][Cl].[Cl][Zr+2][Cl]. The third-order valence-electron chi connectivity index (χ3n) is 38.2. The number of benzene rings is 4. The van der Waals surface area contributed by atoms with Crippen molar-refractivity contribution in [2.24, 2.45) is 124 Å². The fourth-order valence-electron chi connectivity index (χ4n) is 34.6. The second-order valence-electron chi connectivity index (χ2n) is 45.1. The van der Waals surface area contributed by atoms with Crippen LogP contribution in [0.2, 0.25) is 72.5 Å². The van der Waals surface area contributed by atoms with Crippen LogP contribution in [0.15, 0.2) is 97.1 Å². The van der Waals surface area contributed by atoms with Gasteiger partial charge in [-0.15, -0.1) is 0 Å². The molecule has 36 unspecified atom stereocenters. The monoisotopic (exact) mass is 2120 g/mol. The van der Waals surface area contributed by atoms with Gasteiger partial charge in [0, 0.05) is 31.5 Å². The van der Waals surface area contributed by atoms with E-state index >= 15 is 0 Å². The normalized spacial score (nSPS) is 41.4. The summed E-state index contributed by atoms with van der Waals surface area (Å²) in [5.41, 5.74) is 13.0. The molecule has 3 saturated heterocycles.